The van der Waals surface area contributed by atoms with Crippen LogP contribution in [0, 0.1) is 0 Å². The van der Waals surface area contributed by atoms with E-state index in [1.165, 1.54) is 12.0 Å². The zero-order valence-corrected chi connectivity index (χ0v) is 22.8. The van der Waals surface area contributed by atoms with Gasteiger partial charge in [0.15, 0.2) is 0 Å². The fraction of sp³-hybridized carbons (Fsp3) is 0.517. The van der Waals surface area contributed by atoms with Crippen LogP contribution in [0.4, 0.5) is 11.5 Å². The Bertz CT molecular complexity index is 1280. The van der Waals surface area contributed by atoms with Crippen molar-refractivity contribution in [2.75, 3.05) is 50.1 Å². The van der Waals surface area contributed by atoms with Crippen LogP contribution in [0.1, 0.15) is 37.4 Å². The quantitative estimate of drug-likeness (QED) is 0.513. The van der Waals surface area contributed by atoms with E-state index >= 15 is 0 Å². The second-order valence-electron chi connectivity index (χ2n) is 10.9. The summed E-state index contributed by atoms with van der Waals surface area (Å²) >= 11 is 6.68. The lowest BCUT2D eigenvalue weighted by molar-refractivity contribution is 0.187. The van der Waals surface area contributed by atoms with Gasteiger partial charge >= 0.3 is 6.01 Å². The van der Waals surface area contributed by atoms with Crippen molar-refractivity contribution in [1.29, 1.82) is 0 Å². The summed E-state index contributed by atoms with van der Waals surface area (Å²) in [5.41, 5.74) is 3.46. The van der Waals surface area contributed by atoms with Gasteiger partial charge in [-0.2, -0.15) is 9.97 Å². The molecule has 0 bridgehead atoms. The topological polar surface area (TPSA) is 56.8 Å². The highest BCUT2D eigenvalue weighted by Crippen LogP contribution is 2.37. The largest absolute Gasteiger partial charge is 0.462 e. The van der Waals surface area contributed by atoms with Crippen LogP contribution in [-0.4, -0.2) is 73.3 Å². The number of nitrogens with zero attached hydrogens (tertiary/aromatic N) is 5. The summed E-state index contributed by atoms with van der Waals surface area (Å²) in [6.45, 7) is 6.59. The van der Waals surface area contributed by atoms with Crippen molar-refractivity contribution >= 4 is 33.9 Å². The molecule has 0 spiro atoms. The van der Waals surface area contributed by atoms with Crippen LogP contribution in [0.2, 0.25) is 5.02 Å². The van der Waals surface area contributed by atoms with Crippen molar-refractivity contribution in [2.45, 2.75) is 57.3 Å². The molecule has 3 atom stereocenters. The van der Waals surface area contributed by atoms with E-state index in [1.807, 2.05) is 12.1 Å². The molecule has 7 nitrogen and oxygen atoms in total. The molecule has 37 heavy (non-hydrogen) atoms. The number of aromatic nitrogens is 2. The van der Waals surface area contributed by atoms with Crippen LogP contribution < -0.4 is 19.9 Å². The molecule has 8 heteroatoms. The molecule has 196 valence electrons. The molecule has 1 aromatic heterocycles. The first-order valence-corrected chi connectivity index (χ1v) is 14.0. The molecule has 0 unspecified atom stereocenters. The summed E-state index contributed by atoms with van der Waals surface area (Å²) in [6.07, 6.45) is 4.38. The second kappa shape index (κ2) is 10.3. The van der Waals surface area contributed by atoms with Crippen molar-refractivity contribution in [2.24, 2.45) is 0 Å². The minimum Gasteiger partial charge on any atom is -0.462 e. The van der Waals surface area contributed by atoms with Crippen molar-refractivity contribution in [3.8, 4) is 6.01 Å². The van der Waals surface area contributed by atoms with Gasteiger partial charge in [0.1, 0.15) is 12.4 Å². The van der Waals surface area contributed by atoms with E-state index in [9.17, 15) is 0 Å². The third kappa shape index (κ3) is 4.85. The molecule has 4 heterocycles. The van der Waals surface area contributed by atoms with Gasteiger partial charge in [-0.3, -0.25) is 0 Å². The third-order valence-corrected chi connectivity index (χ3v) is 8.80. The Balaban J connectivity index is 1.34. The molecule has 6 rings (SSSR count). The van der Waals surface area contributed by atoms with Gasteiger partial charge in [-0.25, -0.2) is 0 Å². The van der Waals surface area contributed by atoms with Gasteiger partial charge in [0.05, 0.1) is 17.3 Å². The van der Waals surface area contributed by atoms with Crippen molar-refractivity contribution in [3.05, 3.63) is 52.7 Å². The normalized spacial score (nSPS) is 24.0. The molecule has 3 aromatic rings. The van der Waals surface area contributed by atoms with E-state index < -0.39 is 0 Å². The number of rotatable bonds is 6. The van der Waals surface area contributed by atoms with Gasteiger partial charge < -0.3 is 24.8 Å². The summed E-state index contributed by atoms with van der Waals surface area (Å²) in [6, 6.07) is 14.4. The summed E-state index contributed by atoms with van der Waals surface area (Å²) in [5, 5.41) is 6.64. The van der Waals surface area contributed by atoms with Gasteiger partial charge in [-0.15, -0.1) is 0 Å². The highest BCUT2D eigenvalue weighted by atomic mass is 35.5. The average molecular weight is 521 g/mol. The Morgan fingerprint density at radius 2 is 2.00 bits per heavy atom. The van der Waals surface area contributed by atoms with Gasteiger partial charge in [0, 0.05) is 54.9 Å². The average Bonchev–Trinajstić information content (AvgIpc) is 3.53. The summed E-state index contributed by atoms with van der Waals surface area (Å²) < 4.78 is 6.29. The molecule has 3 aliphatic heterocycles. The molecule has 0 aliphatic carbocycles. The molecule has 2 saturated heterocycles. The number of nitrogens with one attached hydrogen (secondary N) is 1. The van der Waals surface area contributed by atoms with Crippen LogP contribution in [0.25, 0.3) is 10.8 Å². The number of ether oxygens (including phenoxy) is 1. The molecule has 2 fully saturated rings. The maximum atomic E-state index is 6.68. The smallest absolute Gasteiger partial charge is 0.318 e. The van der Waals surface area contributed by atoms with E-state index in [-0.39, 0.29) is 0 Å². The summed E-state index contributed by atoms with van der Waals surface area (Å²) in [4.78, 5) is 17.1. The van der Waals surface area contributed by atoms with Gasteiger partial charge in [0.2, 0.25) is 0 Å². The highest BCUT2D eigenvalue weighted by Gasteiger charge is 2.31. The molecule has 3 aliphatic rings. The van der Waals surface area contributed by atoms with Crippen LogP contribution in [-0.2, 0) is 13.0 Å². The molecule has 0 amide bonds. The van der Waals surface area contributed by atoms with Crippen LogP contribution >= 0.6 is 11.6 Å². The first-order valence-electron chi connectivity index (χ1n) is 13.6. The van der Waals surface area contributed by atoms with Crippen LogP contribution in [0.15, 0.2) is 36.4 Å². The number of hydrogen-bond donors (Lipinski definition) is 1. The number of likely N-dealkylation sites (tertiary alicyclic amines) is 1. The predicted octanol–water partition coefficient (Wildman–Crippen LogP) is 4.51. The lowest BCUT2D eigenvalue weighted by Gasteiger charge is -2.34. The first kappa shape index (κ1) is 24.7. The number of fused-ring (bicyclic) bond motifs is 2. The SMILES string of the molecule is C[C@@H]1C[C@@H](N(C)c2nc(OC[C@@H]3CCCN3C)nc3c2CCN(c2cccc4cccc(Cl)c24)C3)CN1. The minimum absolute atomic E-state index is 0.415. The van der Waals surface area contributed by atoms with Crippen molar-refractivity contribution in [3.63, 3.8) is 0 Å². The molecule has 0 saturated carbocycles. The lowest BCUT2D eigenvalue weighted by Crippen LogP contribution is -2.38. The summed E-state index contributed by atoms with van der Waals surface area (Å²) in [7, 11) is 4.35. The fourth-order valence-electron chi connectivity index (χ4n) is 6.23. The number of hydrogen-bond acceptors (Lipinski definition) is 7. The fourth-order valence-corrected chi connectivity index (χ4v) is 6.51. The van der Waals surface area contributed by atoms with E-state index in [0.717, 1.165) is 71.9 Å². The van der Waals surface area contributed by atoms with Gasteiger partial charge in [-0.1, -0.05) is 35.9 Å². The number of likely N-dealkylation sites (N-methyl/N-ethyl adjacent to an activating group) is 2. The van der Waals surface area contributed by atoms with E-state index in [4.69, 9.17) is 26.3 Å². The predicted molar refractivity (Wildman–Crippen MR) is 151 cm³/mol. The maximum absolute atomic E-state index is 6.68. The monoisotopic (exact) mass is 520 g/mol. The first-order chi connectivity index (χ1) is 18.0. The Morgan fingerprint density at radius 1 is 1.16 bits per heavy atom. The Hall–Kier alpha value is -2.61. The molecule has 0 radical (unpaired) electrons. The van der Waals surface area contributed by atoms with Gasteiger partial charge in [-0.05, 0) is 63.7 Å². The van der Waals surface area contributed by atoms with Crippen molar-refractivity contribution in [1.82, 2.24) is 20.2 Å². The molecular weight excluding hydrogens is 484 g/mol. The zero-order valence-electron chi connectivity index (χ0n) is 22.1. The number of anilines is 2. The molecular formula is C29H37ClN6O. The summed E-state index contributed by atoms with van der Waals surface area (Å²) in [5.74, 6) is 1.02. The Morgan fingerprint density at radius 3 is 2.76 bits per heavy atom. The second-order valence-corrected chi connectivity index (χ2v) is 11.3. The molecule has 1 N–H and O–H groups in total. The molecule has 2 aromatic carbocycles. The van der Waals surface area contributed by atoms with Crippen LogP contribution in [0.3, 0.4) is 0 Å². The lowest BCUT2D eigenvalue weighted by atomic mass is 10.0. The van der Waals surface area contributed by atoms with E-state index in [2.05, 4.69) is 65.3 Å². The Labute approximate surface area is 224 Å². The van der Waals surface area contributed by atoms with E-state index in [1.54, 1.807) is 0 Å². The number of halogens is 1. The van der Waals surface area contributed by atoms with Crippen molar-refractivity contribution < 1.29 is 4.74 Å². The number of benzene rings is 2. The Kier molecular flexibility index (Phi) is 6.86. The zero-order chi connectivity index (χ0) is 25.5. The van der Waals surface area contributed by atoms with E-state index in [0.29, 0.717) is 37.3 Å². The standard InChI is InChI=1S/C29H37ClN6O/c1-19-15-22(16-31-19)35(3)28-23-12-14-36(26-11-5-8-20-7-4-10-24(30)27(20)26)17-25(23)32-29(33-28)37-18-21-9-6-13-34(21)2/h4-5,7-8,10-11,19,21-22,31H,6,9,12-18H2,1-3H3/t19-,21+,22-/m1/s1. The van der Waals surface area contributed by atoms with Gasteiger partial charge in [0.25, 0.3) is 0 Å². The minimum atomic E-state index is 0.415. The third-order valence-electron chi connectivity index (χ3n) is 8.48. The van der Waals surface area contributed by atoms with Crippen LogP contribution in [0.5, 0.6) is 6.01 Å². The maximum Gasteiger partial charge on any atom is 0.318 e. The highest BCUT2D eigenvalue weighted by molar-refractivity contribution is 6.36.